The maximum Gasteiger partial charge on any atom is 0.251 e. The Kier molecular flexibility index (Phi) is 4.57. The molecule has 1 saturated heterocycles. The van der Waals surface area contributed by atoms with Gasteiger partial charge in [0.1, 0.15) is 5.75 Å². The number of piperidine rings is 1. The van der Waals surface area contributed by atoms with Crippen molar-refractivity contribution in [3.05, 3.63) is 51.7 Å². The zero-order valence-corrected chi connectivity index (χ0v) is 14.5. The van der Waals surface area contributed by atoms with Crippen molar-refractivity contribution >= 4 is 23.2 Å². The Hall–Kier alpha value is -2.34. The Balaban J connectivity index is 1.82. The number of nitrogens with one attached hydrogen (secondary N) is 1. The van der Waals surface area contributed by atoms with Crippen LogP contribution in [0.2, 0.25) is 0 Å². The Morgan fingerprint density at radius 3 is 2.83 bits per heavy atom. The number of rotatable bonds is 3. The maximum atomic E-state index is 12.6. The molecule has 0 aliphatic carbocycles. The third-order valence-corrected chi connectivity index (χ3v) is 5.43. The van der Waals surface area contributed by atoms with E-state index >= 15 is 0 Å². The highest BCUT2D eigenvalue weighted by atomic mass is 32.1. The second kappa shape index (κ2) is 6.65. The van der Waals surface area contributed by atoms with Gasteiger partial charge in [-0.05, 0) is 42.5 Å². The SMILES string of the molecule is Cc1ccc(C(=O)NC2CCC(=O)N(C)C2c2cccs2)cc1O. The zero-order valence-electron chi connectivity index (χ0n) is 13.7. The average molecular weight is 344 g/mol. The molecule has 2 amide bonds. The number of phenols is 1. The van der Waals surface area contributed by atoms with Gasteiger partial charge < -0.3 is 15.3 Å². The largest absolute Gasteiger partial charge is 0.508 e. The van der Waals surface area contributed by atoms with Crippen LogP contribution in [0.4, 0.5) is 0 Å². The fourth-order valence-corrected chi connectivity index (χ4v) is 3.97. The number of thiophene rings is 1. The van der Waals surface area contributed by atoms with Crippen molar-refractivity contribution in [2.75, 3.05) is 7.05 Å². The normalized spacial score (nSPS) is 20.9. The summed E-state index contributed by atoms with van der Waals surface area (Å²) >= 11 is 1.58. The van der Waals surface area contributed by atoms with Crippen LogP contribution in [0.15, 0.2) is 35.7 Å². The number of benzene rings is 1. The predicted octanol–water partition coefficient (Wildman–Crippen LogP) is 2.85. The van der Waals surface area contributed by atoms with E-state index in [4.69, 9.17) is 0 Å². The van der Waals surface area contributed by atoms with Gasteiger partial charge in [-0.15, -0.1) is 11.3 Å². The summed E-state index contributed by atoms with van der Waals surface area (Å²) in [6.45, 7) is 1.78. The molecule has 2 unspecified atom stereocenters. The van der Waals surface area contributed by atoms with Crippen molar-refractivity contribution in [1.29, 1.82) is 0 Å². The molecule has 6 heteroatoms. The van der Waals surface area contributed by atoms with Gasteiger partial charge >= 0.3 is 0 Å². The number of hydrogen-bond donors (Lipinski definition) is 2. The molecule has 0 radical (unpaired) electrons. The molecule has 3 rings (SSSR count). The van der Waals surface area contributed by atoms with E-state index in [1.165, 1.54) is 6.07 Å². The molecule has 0 spiro atoms. The summed E-state index contributed by atoms with van der Waals surface area (Å²) in [4.78, 5) is 27.4. The van der Waals surface area contributed by atoms with Crippen LogP contribution in [0, 0.1) is 6.92 Å². The van der Waals surface area contributed by atoms with E-state index in [9.17, 15) is 14.7 Å². The molecule has 2 heterocycles. The van der Waals surface area contributed by atoms with Gasteiger partial charge in [-0.3, -0.25) is 9.59 Å². The van der Waals surface area contributed by atoms with Crippen molar-refractivity contribution < 1.29 is 14.7 Å². The number of carbonyl (C=O) groups excluding carboxylic acids is 2. The zero-order chi connectivity index (χ0) is 17.3. The molecule has 1 aliphatic heterocycles. The molecule has 1 aromatic heterocycles. The minimum absolute atomic E-state index is 0.0897. The molecular weight excluding hydrogens is 324 g/mol. The predicted molar refractivity (Wildman–Crippen MR) is 93.2 cm³/mol. The molecule has 1 fully saturated rings. The fraction of sp³-hybridized carbons (Fsp3) is 0.333. The van der Waals surface area contributed by atoms with Gasteiger partial charge in [-0.2, -0.15) is 0 Å². The highest BCUT2D eigenvalue weighted by Gasteiger charge is 2.36. The van der Waals surface area contributed by atoms with Gasteiger partial charge in [-0.25, -0.2) is 0 Å². The van der Waals surface area contributed by atoms with Crippen molar-refractivity contribution in [3.63, 3.8) is 0 Å². The molecule has 2 N–H and O–H groups in total. The monoisotopic (exact) mass is 344 g/mol. The van der Waals surface area contributed by atoms with Gasteiger partial charge in [0.05, 0.1) is 12.1 Å². The molecule has 126 valence electrons. The van der Waals surface area contributed by atoms with E-state index in [-0.39, 0.29) is 29.6 Å². The van der Waals surface area contributed by atoms with Crippen LogP contribution in [0.25, 0.3) is 0 Å². The molecule has 2 aromatic rings. The topological polar surface area (TPSA) is 69.6 Å². The Labute approximate surface area is 144 Å². The summed E-state index contributed by atoms with van der Waals surface area (Å²) in [5.74, 6) is -0.0418. The van der Waals surface area contributed by atoms with Gasteiger partial charge in [0.2, 0.25) is 5.91 Å². The van der Waals surface area contributed by atoms with Crippen LogP contribution < -0.4 is 5.32 Å². The maximum absolute atomic E-state index is 12.6. The number of aryl methyl sites for hydroxylation is 1. The van der Waals surface area contributed by atoms with Crippen LogP contribution in [-0.2, 0) is 4.79 Å². The molecule has 0 bridgehead atoms. The molecule has 5 nitrogen and oxygen atoms in total. The number of likely N-dealkylation sites (tertiary alicyclic amines) is 1. The second-order valence-electron chi connectivity index (χ2n) is 6.08. The van der Waals surface area contributed by atoms with Crippen molar-refractivity contribution in [2.45, 2.75) is 31.8 Å². The van der Waals surface area contributed by atoms with E-state index in [0.29, 0.717) is 18.4 Å². The Bertz CT molecular complexity index is 758. The Morgan fingerprint density at radius 2 is 2.17 bits per heavy atom. The summed E-state index contributed by atoms with van der Waals surface area (Å²) in [5, 5.41) is 14.8. The van der Waals surface area contributed by atoms with Gasteiger partial charge in [0.15, 0.2) is 0 Å². The summed E-state index contributed by atoms with van der Waals surface area (Å²) in [7, 11) is 1.78. The molecule has 2 atom stereocenters. The first-order valence-electron chi connectivity index (χ1n) is 7.87. The first-order valence-corrected chi connectivity index (χ1v) is 8.75. The molecule has 24 heavy (non-hydrogen) atoms. The lowest BCUT2D eigenvalue weighted by Gasteiger charge is -2.38. The van der Waals surface area contributed by atoms with E-state index in [0.717, 1.165) is 10.4 Å². The number of hydrogen-bond acceptors (Lipinski definition) is 4. The van der Waals surface area contributed by atoms with Crippen LogP contribution >= 0.6 is 11.3 Å². The number of phenolic OH excluding ortho intramolecular Hbond substituents is 1. The van der Waals surface area contributed by atoms with Crippen LogP contribution in [0.5, 0.6) is 5.75 Å². The van der Waals surface area contributed by atoms with Crippen LogP contribution in [-0.4, -0.2) is 34.9 Å². The molecule has 1 aromatic carbocycles. The van der Waals surface area contributed by atoms with Crippen molar-refractivity contribution in [3.8, 4) is 5.75 Å². The number of nitrogens with zero attached hydrogens (tertiary/aromatic N) is 1. The summed E-state index contributed by atoms with van der Waals surface area (Å²) in [5.41, 5.74) is 1.15. The minimum atomic E-state index is -0.236. The fourth-order valence-electron chi connectivity index (χ4n) is 3.04. The van der Waals surface area contributed by atoms with Gasteiger partial charge in [0.25, 0.3) is 5.91 Å². The lowest BCUT2D eigenvalue weighted by atomic mass is 9.94. The minimum Gasteiger partial charge on any atom is -0.508 e. The summed E-state index contributed by atoms with van der Waals surface area (Å²) in [6.07, 6.45) is 1.03. The second-order valence-corrected chi connectivity index (χ2v) is 7.06. The quantitative estimate of drug-likeness (QED) is 0.899. The number of aromatic hydroxyl groups is 1. The number of likely N-dealkylation sites (N-methyl/N-ethyl adjacent to an activating group) is 1. The van der Waals surface area contributed by atoms with E-state index < -0.39 is 0 Å². The summed E-state index contributed by atoms with van der Waals surface area (Å²) < 4.78 is 0. The van der Waals surface area contributed by atoms with Crippen LogP contribution in [0.3, 0.4) is 0 Å². The van der Waals surface area contributed by atoms with Crippen molar-refractivity contribution in [1.82, 2.24) is 10.2 Å². The highest BCUT2D eigenvalue weighted by molar-refractivity contribution is 7.10. The van der Waals surface area contributed by atoms with Gasteiger partial charge in [0, 0.05) is 23.9 Å². The van der Waals surface area contributed by atoms with Crippen molar-refractivity contribution in [2.24, 2.45) is 0 Å². The highest BCUT2D eigenvalue weighted by Crippen LogP contribution is 2.33. The Morgan fingerprint density at radius 1 is 1.38 bits per heavy atom. The van der Waals surface area contributed by atoms with Crippen LogP contribution in [0.1, 0.15) is 39.7 Å². The van der Waals surface area contributed by atoms with E-state index in [2.05, 4.69) is 5.32 Å². The first kappa shape index (κ1) is 16.5. The summed E-state index contributed by atoms with van der Waals surface area (Å²) in [6, 6.07) is 8.52. The lowest BCUT2D eigenvalue weighted by molar-refractivity contribution is -0.135. The van der Waals surface area contributed by atoms with E-state index in [1.54, 1.807) is 42.3 Å². The smallest absolute Gasteiger partial charge is 0.251 e. The number of amides is 2. The first-order chi connectivity index (χ1) is 11.5. The third kappa shape index (κ3) is 3.14. The standard InChI is InChI=1S/C18H20N2O3S/c1-11-5-6-12(10-14(11)21)18(23)19-13-7-8-16(22)20(2)17(13)15-4-3-9-24-15/h3-6,9-10,13,17,21H,7-8H2,1-2H3,(H,19,23). The average Bonchev–Trinajstić information content (AvgIpc) is 3.07. The number of carbonyl (C=O) groups is 2. The van der Waals surface area contributed by atoms with Gasteiger partial charge in [-0.1, -0.05) is 12.1 Å². The molecule has 0 saturated carbocycles. The molecular formula is C18H20N2O3S. The third-order valence-electron chi connectivity index (χ3n) is 4.48. The lowest BCUT2D eigenvalue weighted by Crippen LogP contribution is -2.50. The molecule has 1 aliphatic rings. The van der Waals surface area contributed by atoms with E-state index in [1.807, 2.05) is 17.5 Å².